The summed E-state index contributed by atoms with van der Waals surface area (Å²) < 4.78 is 25.0. The molecule has 4 aromatic rings. The third-order valence-corrected chi connectivity index (χ3v) is 5.18. The monoisotopic (exact) mass is 444 g/mol. The number of hydrogen-bond donors (Lipinski definition) is 1. The summed E-state index contributed by atoms with van der Waals surface area (Å²) in [7, 11) is 1.65. The average Bonchev–Trinajstić information content (AvgIpc) is 3.30. The molecule has 1 aromatic heterocycles. The molecule has 0 aliphatic heterocycles. The predicted molar refractivity (Wildman–Crippen MR) is 125 cm³/mol. The van der Waals surface area contributed by atoms with Gasteiger partial charge in [-0.25, -0.2) is 4.39 Å². The standard InChI is InChI=1S/C27H25FN2O3/c1-32-22-11-7-10-21(16-22)18-30(17-20-8-3-2-4-9-20)19-23-14-15-26(33-23)27(31)29-25-13-6-5-12-24(25)28/h2-16H,17-19H2,1H3,(H,29,31). The van der Waals surface area contributed by atoms with Crippen molar-refractivity contribution in [1.29, 1.82) is 0 Å². The second-order valence-electron chi connectivity index (χ2n) is 7.68. The zero-order valence-electron chi connectivity index (χ0n) is 18.3. The zero-order chi connectivity index (χ0) is 23.0. The highest BCUT2D eigenvalue weighted by Gasteiger charge is 2.16. The van der Waals surface area contributed by atoms with Crippen LogP contribution >= 0.6 is 0 Å². The van der Waals surface area contributed by atoms with Gasteiger partial charge in [-0.1, -0.05) is 54.6 Å². The number of carbonyl (C=O) groups excluding carboxylic acids is 1. The van der Waals surface area contributed by atoms with Gasteiger partial charge in [0.15, 0.2) is 5.76 Å². The van der Waals surface area contributed by atoms with Gasteiger partial charge in [0.25, 0.3) is 5.91 Å². The van der Waals surface area contributed by atoms with Crippen LogP contribution in [0.2, 0.25) is 0 Å². The van der Waals surface area contributed by atoms with Crippen molar-refractivity contribution < 1.29 is 18.3 Å². The number of methoxy groups -OCH3 is 1. The van der Waals surface area contributed by atoms with E-state index in [9.17, 15) is 9.18 Å². The van der Waals surface area contributed by atoms with Gasteiger partial charge >= 0.3 is 0 Å². The number of anilines is 1. The number of rotatable bonds is 9. The largest absolute Gasteiger partial charge is 0.497 e. The highest BCUT2D eigenvalue weighted by Crippen LogP contribution is 2.20. The van der Waals surface area contributed by atoms with Crippen LogP contribution in [-0.4, -0.2) is 17.9 Å². The van der Waals surface area contributed by atoms with Crippen molar-refractivity contribution in [2.24, 2.45) is 0 Å². The van der Waals surface area contributed by atoms with Crippen molar-refractivity contribution >= 4 is 11.6 Å². The van der Waals surface area contributed by atoms with E-state index in [2.05, 4.69) is 28.4 Å². The van der Waals surface area contributed by atoms with E-state index in [1.54, 1.807) is 31.4 Å². The summed E-state index contributed by atoms with van der Waals surface area (Å²) in [5.41, 5.74) is 2.39. The first kappa shape index (κ1) is 22.3. The van der Waals surface area contributed by atoms with Crippen molar-refractivity contribution in [3.63, 3.8) is 0 Å². The lowest BCUT2D eigenvalue weighted by molar-refractivity contribution is 0.0991. The molecule has 1 amide bonds. The molecule has 33 heavy (non-hydrogen) atoms. The van der Waals surface area contributed by atoms with Gasteiger partial charge in [0.2, 0.25) is 0 Å². The minimum absolute atomic E-state index is 0.115. The van der Waals surface area contributed by atoms with Crippen LogP contribution in [0.1, 0.15) is 27.4 Å². The number of ether oxygens (including phenoxy) is 1. The molecule has 0 atom stereocenters. The van der Waals surface area contributed by atoms with Gasteiger partial charge in [-0.05, 0) is 47.5 Å². The quantitative estimate of drug-likeness (QED) is 0.350. The number of nitrogens with zero attached hydrogens (tertiary/aromatic N) is 1. The van der Waals surface area contributed by atoms with E-state index >= 15 is 0 Å². The molecule has 0 aliphatic carbocycles. The number of nitrogens with one attached hydrogen (secondary N) is 1. The molecular formula is C27H25FN2O3. The number of carbonyl (C=O) groups is 1. The molecule has 0 fully saturated rings. The smallest absolute Gasteiger partial charge is 0.291 e. The fourth-order valence-corrected chi connectivity index (χ4v) is 3.59. The number of para-hydroxylation sites is 1. The summed E-state index contributed by atoms with van der Waals surface area (Å²) in [6, 6.07) is 27.5. The topological polar surface area (TPSA) is 54.7 Å². The molecule has 0 unspecified atom stereocenters. The first-order valence-corrected chi connectivity index (χ1v) is 10.6. The Morgan fingerprint density at radius 1 is 0.879 bits per heavy atom. The first-order chi connectivity index (χ1) is 16.1. The molecule has 0 aliphatic rings. The van der Waals surface area contributed by atoms with Crippen molar-refractivity contribution in [1.82, 2.24) is 4.90 Å². The lowest BCUT2D eigenvalue weighted by atomic mass is 10.1. The molecule has 6 heteroatoms. The number of benzene rings is 3. The van der Waals surface area contributed by atoms with Crippen LogP contribution in [-0.2, 0) is 19.6 Å². The highest BCUT2D eigenvalue weighted by molar-refractivity contribution is 6.02. The van der Waals surface area contributed by atoms with Crippen LogP contribution in [0.15, 0.2) is 95.4 Å². The van der Waals surface area contributed by atoms with Crippen molar-refractivity contribution in [2.75, 3.05) is 12.4 Å². The summed E-state index contributed by atoms with van der Waals surface area (Å²) >= 11 is 0. The second-order valence-corrected chi connectivity index (χ2v) is 7.68. The van der Waals surface area contributed by atoms with E-state index in [4.69, 9.17) is 9.15 Å². The Kier molecular flexibility index (Phi) is 7.17. The van der Waals surface area contributed by atoms with E-state index in [1.165, 1.54) is 17.7 Å². The number of amides is 1. The Hall–Kier alpha value is -3.90. The van der Waals surface area contributed by atoms with Crippen molar-refractivity contribution in [3.8, 4) is 5.75 Å². The number of furan rings is 1. The summed E-state index contributed by atoms with van der Waals surface area (Å²) in [6.45, 7) is 1.87. The van der Waals surface area contributed by atoms with E-state index in [0.29, 0.717) is 25.4 Å². The molecule has 4 rings (SSSR count). The Morgan fingerprint density at radius 3 is 2.39 bits per heavy atom. The zero-order valence-corrected chi connectivity index (χ0v) is 18.3. The molecule has 1 heterocycles. The number of hydrogen-bond acceptors (Lipinski definition) is 4. The maximum atomic E-state index is 13.9. The van der Waals surface area contributed by atoms with Crippen LogP contribution in [0.5, 0.6) is 5.75 Å². The Bertz CT molecular complexity index is 1210. The summed E-state index contributed by atoms with van der Waals surface area (Å²) in [5.74, 6) is 0.595. The molecule has 5 nitrogen and oxygen atoms in total. The molecule has 0 bridgehead atoms. The molecule has 1 N–H and O–H groups in total. The van der Waals surface area contributed by atoms with Gasteiger partial charge < -0.3 is 14.5 Å². The number of halogens is 1. The molecule has 0 radical (unpaired) electrons. The predicted octanol–water partition coefficient (Wildman–Crippen LogP) is 5.88. The normalized spacial score (nSPS) is 10.9. The van der Waals surface area contributed by atoms with Gasteiger partial charge in [0.1, 0.15) is 17.3 Å². The van der Waals surface area contributed by atoms with Crippen molar-refractivity contribution in [2.45, 2.75) is 19.6 Å². The third kappa shape index (κ3) is 6.08. The second kappa shape index (κ2) is 10.6. The molecule has 0 saturated heterocycles. The minimum atomic E-state index is -0.495. The van der Waals surface area contributed by atoms with Gasteiger partial charge in [0.05, 0.1) is 19.3 Å². The Balaban J connectivity index is 1.49. The summed E-state index contributed by atoms with van der Waals surface area (Å²) in [6.07, 6.45) is 0. The lowest BCUT2D eigenvalue weighted by Crippen LogP contribution is -2.22. The molecule has 3 aromatic carbocycles. The van der Waals surface area contributed by atoms with Crippen LogP contribution in [0.3, 0.4) is 0 Å². The maximum absolute atomic E-state index is 13.9. The third-order valence-electron chi connectivity index (χ3n) is 5.18. The Morgan fingerprint density at radius 2 is 1.61 bits per heavy atom. The molecule has 0 spiro atoms. The molecule has 0 saturated carbocycles. The molecular weight excluding hydrogens is 419 g/mol. The fraction of sp³-hybridized carbons (Fsp3) is 0.148. The van der Waals surface area contributed by atoms with Crippen LogP contribution in [0, 0.1) is 5.82 Å². The lowest BCUT2D eigenvalue weighted by Gasteiger charge is -2.22. The van der Waals surface area contributed by atoms with E-state index in [1.807, 2.05) is 36.4 Å². The average molecular weight is 445 g/mol. The first-order valence-electron chi connectivity index (χ1n) is 10.6. The SMILES string of the molecule is COc1cccc(CN(Cc2ccccc2)Cc2ccc(C(=O)Nc3ccccc3F)o2)c1. The van der Waals surface area contributed by atoms with E-state index in [-0.39, 0.29) is 11.4 Å². The van der Waals surface area contributed by atoms with Gasteiger partial charge in [-0.15, -0.1) is 0 Å². The van der Waals surface area contributed by atoms with Gasteiger partial charge in [-0.3, -0.25) is 9.69 Å². The van der Waals surface area contributed by atoms with Crippen LogP contribution < -0.4 is 10.1 Å². The Labute approximate surface area is 192 Å². The highest BCUT2D eigenvalue weighted by atomic mass is 19.1. The fourth-order valence-electron chi connectivity index (χ4n) is 3.59. The minimum Gasteiger partial charge on any atom is -0.497 e. The van der Waals surface area contributed by atoms with E-state index in [0.717, 1.165) is 11.3 Å². The molecule has 168 valence electrons. The van der Waals surface area contributed by atoms with Crippen LogP contribution in [0.25, 0.3) is 0 Å². The summed E-state index contributed by atoms with van der Waals surface area (Å²) in [4.78, 5) is 14.7. The van der Waals surface area contributed by atoms with Crippen molar-refractivity contribution in [3.05, 3.63) is 119 Å². The summed E-state index contributed by atoms with van der Waals surface area (Å²) in [5, 5.41) is 2.55. The van der Waals surface area contributed by atoms with Gasteiger partial charge in [0, 0.05) is 13.1 Å². The maximum Gasteiger partial charge on any atom is 0.291 e. The van der Waals surface area contributed by atoms with Crippen LogP contribution in [0.4, 0.5) is 10.1 Å². The van der Waals surface area contributed by atoms with Gasteiger partial charge in [-0.2, -0.15) is 0 Å². The van der Waals surface area contributed by atoms with E-state index < -0.39 is 11.7 Å².